The van der Waals surface area contributed by atoms with Gasteiger partial charge in [-0.25, -0.2) is 0 Å². The summed E-state index contributed by atoms with van der Waals surface area (Å²) in [6.45, 7) is 2.40. The monoisotopic (exact) mass is 402 g/mol. The lowest BCUT2D eigenvalue weighted by atomic mass is 10.00. The molecule has 1 aliphatic rings. The first-order valence-electron chi connectivity index (χ1n) is 9.10. The minimum absolute atomic E-state index is 0.00548. The highest BCUT2D eigenvalue weighted by Gasteiger charge is 2.26. The highest BCUT2D eigenvalue weighted by Crippen LogP contribution is 2.31. The van der Waals surface area contributed by atoms with Gasteiger partial charge in [-0.1, -0.05) is 60.2 Å². The van der Waals surface area contributed by atoms with Gasteiger partial charge < -0.3 is 4.74 Å². The van der Waals surface area contributed by atoms with E-state index in [2.05, 4.69) is 10.6 Å². The molecule has 3 aromatic carbocycles. The van der Waals surface area contributed by atoms with Crippen molar-refractivity contribution in [3.63, 3.8) is 0 Å². The second kappa shape index (κ2) is 7.85. The summed E-state index contributed by atoms with van der Waals surface area (Å²) in [5, 5.41) is 6.79. The molecule has 0 spiro atoms. The normalized spacial score (nSPS) is 13.8. The maximum Gasteiger partial charge on any atom is 0.263 e. The van der Waals surface area contributed by atoms with Crippen molar-refractivity contribution in [3.05, 3.63) is 82.9 Å². The van der Waals surface area contributed by atoms with Crippen LogP contribution in [-0.2, 0) is 16.2 Å². The molecule has 5 nitrogen and oxygen atoms in total. The van der Waals surface area contributed by atoms with E-state index in [9.17, 15) is 9.59 Å². The van der Waals surface area contributed by atoms with Crippen molar-refractivity contribution in [2.24, 2.45) is 0 Å². The fourth-order valence-electron chi connectivity index (χ4n) is 3.15. The largest absolute Gasteiger partial charge is 0.488 e. The van der Waals surface area contributed by atoms with Crippen molar-refractivity contribution >= 4 is 46.0 Å². The number of ether oxygens (including phenoxy) is 1. The van der Waals surface area contributed by atoms with Crippen LogP contribution in [0.1, 0.15) is 16.7 Å². The van der Waals surface area contributed by atoms with Gasteiger partial charge in [-0.15, -0.1) is 0 Å². The van der Waals surface area contributed by atoms with Gasteiger partial charge >= 0.3 is 0 Å². The van der Waals surface area contributed by atoms with Crippen LogP contribution >= 0.6 is 12.2 Å². The number of rotatable bonds is 4. The lowest BCUT2D eigenvalue weighted by molar-refractivity contribution is -0.123. The van der Waals surface area contributed by atoms with E-state index in [1.54, 1.807) is 6.08 Å². The highest BCUT2D eigenvalue weighted by atomic mass is 32.1. The lowest BCUT2D eigenvalue weighted by Gasteiger charge is -2.18. The van der Waals surface area contributed by atoms with Crippen molar-refractivity contribution in [2.75, 3.05) is 0 Å². The van der Waals surface area contributed by atoms with E-state index >= 15 is 0 Å². The number of fused-ring (bicyclic) bond motifs is 1. The molecule has 0 unspecified atom stereocenters. The van der Waals surface area contributed by atoms with E-state index in [0.717, 1.165) is 16.3 Å². The van der Waals surface area contributed by atoms with Crippen LogP contribution < -0.4 is 15.4 Å². The standard InChI is InChI=1S/C23H18N2O3S/c1-14-6-8-15(9-7-14)13-28-20-11-10-16-4-2-3-5-17(16)18(20)12-19-21(26)24-23(29)25-22(19)27/h2-12H,13H2,1H3,(H2,24,25,26,27,29). The molecular weight excluding hydrogens is 384 g/mol. The number of carbonyl (C=O) groups excluding carboxylic acids is 2. The molecule has 0 aliphatic carbocycles. The van der Waals surface area contributed by atoms with Crippen LogP contribution in [-0.4, -0.2) is 16.9 Å². The van der Waals surface area contributed by atoms with Crippen LogP contribution in [0.4, 0.5) is 0 Å². The van der Waals surface area contributed by atoms with Gasteiger partial charge in [0.2, 0.25) is 0 Å². The van der Waals surface area contributed by atoms with Crippen LogP contribution in [0, 0.1) is 6.92 Å². The molecule has 6 heteroatoms. The molecular formula is C23H18N2O3S. The summed E-state index contributed by atoms with van der Waals surface area (Å²) in [6, 6.07) is 19.6. The maximum atomic E-state index is 12.3. The Hall–Kier alpha value is -3.51. The molecule has 1 heterocycles. The molecule has 0 aromatic heterocycles. The summed E-state index contributed by atoms with van der Waals surface area (Å²) in [7, 11) is 0. The Morgan fingerprint density at radius 2 is 1.62 bits per heavy atom. The first-order valence-corrected chi connectivity index (χ1v) is 9.50. The number of nitrogens with one attached hydrogen (secondary N) is 2. The summed E-state index contributed by atoms with van der Waals surface area (Å²) in [5.41, 5.74) is 2.86. The third-order valence-corrected chi connectivity index (χ3v) is 4.88. The molecule has 1 aliphatic heterocycles. The summed E-state index contributed by atoms with van der Waals surface area (Å²) in [4.78, 5) is 24.6. The van der Waals surface area contributed by atoms with Gasteiger partial charge in [0.05, 0.1) is 0 Å². The molecule has 3 aromatic rings. The Balaban J connectivity index is 1.76. The fourth-order valence-corrected chi connectivity index (χ4v) is 3.33. The van der Waals surface area contributed by atoms with Crippen LogP contribution in [0.25, 0.3) is 16.8 Å². The molecule has 4 rings (SSSR count). The third kappa shape index (κ3) is 4.02. The predicted molar refractivity (Wildman–Crippen MR) is 116 cm³/mol. The van der Waals surface area contributed by atoms with E-state index in [4.69, 9.17) is 17.0 Å². The number of hydrogen-bond acceptors (Lipinski definition) is 4. The Bertz CT molecular complexity index is 1140. The molecule has 2 N–H and O–H groups in total. The molecule has 29 heavy (non-hydrogen) atoms. The minimum atomic E-state index is -0.531. The van der Waals surface area contributed by atoms with Crippen LogP contribution in [0.5, 0.6) is 5.75 Å². The molecule has 2 amide bonds. The molecule has 0 bridgehead atoms. The van der Waals surface area contributed by atoms with Crippen molar-refractivity contribution < 1.29 is 14.3 Å². The molecule has 1 fully saturated rings. The summed E-state index contributed by atoms with van der Waals surface area (Å²) in [6.07, 6.45) is 1.55. The van der Waals surface area contributed by atoms with Gasteiger partial charge in [0.25, 0.3) is 11.8 Å². The van der Waals surface area contributed by atoms with E-state index in [0.29, 0.717) is 17.9 Å². The number of amides is 2. The zero-order chi connectivity index (χ0) is 20.4. The van der Waals surface area contributed by atoms with E-state index in [1.165, 1.54) is 5.56 Å². The maximum absolute atomic E-state index is 12.3. The summed E-state index contributed by atoms with van der Waals surface area (Å²) >= 11 is 4.87. The number of benzene rings is 3. The van der Waals surface area contributed by atoms with Crippen molar-refractivity contribution in [2.45, 2.75) is 13.5 Å². The van der Waals surface area contributed by atoms with Crippen LogP contribution in [0.15, 0.2) is 66.2 Å². The van der Waals surface area contributed by atoms with E-state index < -0.39 is 11.8 Å². The SMILES string of the molecule is Cc1ccc(COc2ccc3ccccc3c2C=C2C(=O)NC(=S)NC2=O)cc1. The second-order valence-electron chi connectivity index (χ2n) is 6.77. The fraction of sp³-hybridized carbons (Fsp3) is 0.0870. The Morgan fingerprint density at radius 3 is 2.34 bits per heavy atom. The van der Waals surface area contributed by atoms with Crippen molar-refractivity contribution in [3.8, 4) is 5.75 Å². The van der Waals surface area contributed by atoms with Gasteiger partial charge in [0, 0.05) is 5.56 Å². The van der Waals surface area contributed by atoms with Gasteiger partial charge in [-0.05, 0) is 47.6 Å². The molecule has 0 saturated carbocycles. The lowest BCUT2D eigenvalue weighted by Crippen LogP contribution is -2.51. The van der Waals surface area contributed by atoms with Gasteiger partial charge in [0.15, 0.2) is 5.11 Å². The van der Waals surface area contributed by atoms with Gasteiger partial charge in [-0.2, -0.15) is 0 Å². The van der Waals surface area contributed by atoms with Crippen molar-refractivity contribution in [1.29, 1.82) is 0 Å². The smallest absolute Gasteiger partial charge is 0.263 e. The second-order valence-corrected chi connectivity index (χ2v) is 7.18. The number of thiocarbonyl (C=S) groups is 1. The minimum Gasteiger partial charge on any atom is -0.488 e. The predicted octanol–water partition coefficient (Wildman–Crippen LogP) is 3.64. The van der Waals surface area contributed by atoms with Crippen LogP contribution in [0.3, 0.4) is 0 Å². The van der Waals surface area contributed by atoms with Gasteiger partial charge in [-0.3, -0.25) is 20.2 Å². The molecule has 1 saturated heterocycles. The van der Waals surface area contributed by atoms with E-state index in [-0.39, 0.29) is 10.7 Å². The third-order valence-electron chi connectivity index (χ3n) is 4.68. The molecule has 144 valence electrons. The molecule has 0 atom stereocenters. The Morgan fingerprint density at radius 1 is 0.931 bits per heavy atom. The number of carbonyl (C=O) groups is 2. The summed E-state index contributed by atoms with van der Waals surface area (Å²) < 4.78 is 6.07. The zero-order valence-corrected chi connectivity index (χ0v) is 16.5. The average Bonchev–Trinajstić information content (AvgIpc) is 2.70. The topological polar surface area (TPSA) is 67.4 Å². The average molecular weight is 402 g/mol. The highest BCUT2D eigenvalue weighted by molar-refractivity contribution is 7.80. The van der Waals surface area contributed by atoms with Crippen molar-refractivity contribution in [1.82, 2.24) is 10.6 Å². The molecule has 0 radical (unpaired) electrons. The summed E-state index contributed by atoms with van der Waals surface area (Å²) in [5.74, 6) is -0.474. The quantitative estimate of drug-likeness (QED) is 0.397. The number of aryl methyl sites for hydroxylation is 1. The van der Waals surface area contributed by atoms with Gasteiger partial charge in [0.1, 0.15) is 17.9 Å². The first-order chi connectivity index (χ1) is 14.0. The first kappa shape index (κ1) is 18.8. The Labute approximate surface area is 173 Å². The zero-order valence-electron chi connectivity index (χ0n) is 15.7. The van der Waals surface area contributed by atoms with Crippen LogP contribution in [0.2, 0.25) is 0 Å². The number of hydrogen-bond donors (Lipinski definition) is 2. The Kier molecular flexibility index (Phi) is 5.10. The van der Waals surface area contributed by atoms with E-state index in [1.807, 2.05) is 67.6 Å².